The van der Waals surface area contributed by atoms with Crippen LogP contribution in [0.15, 0.2) is 12.2 Å². The second-order valence-corrected chi connectivity index (χ2v) is 12.6. The number of carbonyl (C=O) groups excluding carboxylic acids is 2. The molecule has 0 heterocycles. The second kappa shape index (κ2) is 32.5. The highest BCUT2D eigenvalue weighted by Gasteiger charge is 2.19. The van der Waals surface area contributed by atoms with Gasteiger partial charge in [0.1, 0.15) is 12.1 Å². The summed E-state index contributed by atoms with van der Waals surface area (Å²) in [5.41, 5.74) is 5.45. The van der Waals surface area contributed by atoms with Crippen molar-refractivity contribution >= 4 is 17.8 Å². The van der Waals surface area contributed by atoms with E-state index in [1.54, 1.807) is 0 Å². The molecule has 7 nitrogen and oxygen atoms in total. The summed E-state index contributed by atoms with van der Waals surface area (Å²) in [6, 6.07) is -0.865. The summed E-state index contributed by atoms with van der Waals surface area (Å²) < 4.78 is 5.84. The Hall–Kier alpha value is -1.89. The van der Waals surface area contributed by atoms with Gasteiger partial charge in [0.15, 0.2) is 0 Å². The molecule has 0 aromatic heterocycles. The first-order valence-electron chi connectivity index (χ1n) is 18.5. The molecule has 0 aliphatic heterocycles. The van der Waals surface area contributed by atoms with Gasteiger partial charge in [0.25, 0.3) is 0 Å². The number of amides is 1. The normalized spacial score (nSPS) is 12.8. The van der Waals surface area contributed by atoms with Crippen LogP contribution in [0.25, 0.3) is 0 Å². The number of ether oxygens (including phenoxy) is 1. The van der Waals surface area contributed by atoms with Crippen LogP contribution in [0, 0.1) is 0 Å². The molecule has 0 spiro atoms. The second-order valence-electron chi connectivity index (χ2n) is 12.6. The number of unbranched alkanes of at least 4 members (excludes halogenated alkanes) is 19. The Balaban J connectivity index is 4.04. The first kappa shape index (κ1) is 42.1. The summed E-state index contributed by atoms with van der Waals surface area (Å²) in [6.07, 6.45) is 32.9. The van der Waals surface area contributed by atoms with E-state index in [2.05, 4.69) is 31.3 Å². The largest absolute Gasteiger partial charge is 0.480 e. The highest BCUT2D eigenvalue weighted by molar-refractivity contribution is 5.83. The zero-order valence-corrected chi connectivity index (χ0v) is 28.8. The molecule has 0 saturated carbocycles. The van der Waals surface area contributed by atoms with Crippen LogP contribution in [-0.2, 0) is 19.1 Å². The van der Waals surface area contributed by atoms with Gasteiger partial charge in [-0.2, -0.15) is 0 Å². The third-order valence-corrected chi connectivity index (χ3v) is 8.32. The van der Waals surface area contributed by atoms with Crippen LogP contribution in [0.5, 0.6) is 0 Å². The van der Waals surface area contributed by atoms with Crippen molar-refractivity contribution < 1.29 is 24.2 Å². The molecule has 0 aromatic carbocycles. The Morgan fingerprint density at radius 1 is 0.659 bits per heavy atom. The van der Waals surface area contributed by atoms with Gasteiger partial charge in [0.2, 0.25) is 5.91 Å². The van der Waals surface area contributed by atoms with E-state index >= 15 is 0 Å². The summed E-state index contributed by atoms with van der Waals surface area (Å²) in [4.78, 5) is 36.0. The fourth-order valence-electron chi connectivity index (χ4n) is 5.46. The van der Waals surface area contributed by atoms with Crippen LogP contribution in [0.4, 0.5) is 0 Å². The van der Waals surface area contributed by atoms with Crippen LogP contribution < -0.4 is 11.1 Å². The lowest BCUT2D eigenvalue weighted by atomic mass is 10.0. The van der Waals surface area contributed by atoms with E-state index in [0.29, 0.717) is 38.6 Å². The standard InChI is InChI=1S/C37H70N2O5/c1-3-5-7-9-10-11-12-13-14-15-16-17-18-19-25-31-36(41)44-33(27-22-8-6-4-2)28-23-20-21-24-30-35(40)39-34(37(42)43)29-26-32-38/h22,27,33-34H,3-21,23-26,28-32,38H2,1-2H3,(H,39,40)(H,42,43)/b27-22-. The molecule has 0 radical (unpaired) electrons. The van der Waals surface area contributed by atoms with Crippen molar-refractivity contribution in [2.75, 3.05) is 6.54 Å². The Labute approximate surface area is 270 Å². The molecule has 0 rings (SSSR count). The van der Waals surface area contributed by atoms with E-state index in [1.807, 2.05) is 0 Å². The predicted octanol–water partition coefficient (Wildman–Crippen LogP) is 9.55. The number of carbonyl (C=O) groups is 3. The first-order chi connectivity index (χ1) is 21.4. The van der Waals surface area contributed by atoms with Gasteiger partial charge in [0, 0.05) is 12.8 Å². The van der Waals surface area contributed by atoms with Crippen LogP contribution in [0.3, 0.4) is 0 Å². The zero-order valence-electron chi connectivity index (χ0n) is 28.8. The van der Waals surface area contributed by atoms with Crippen molar-refractivity contribution in [2.45, 2.75) is 199 Å². The Morgan fingerprint density at radius 3 is 1.68 bits per heavy atom. The molecule has 4 N–H and O–H groups in total. The highest BCUT2D eigenvalue weighted by Crippen LogP contribution is 2.16. The van der Waals surface area contributed by atoms with E-state index in [4.69, 9.17) is 10.5 Å². The molecule has 0 aliphatic rings. The molecule has 2 unspecified atom stereocenters. The Morgan fingerprint density at radius 2 is 1.16 bits per heavy atom. The SMILES string of the molecule is CCCC/C=C\C(CCCCCCC(=O)NC(CCCN)C(=O)O)OC(=O)CCCCCCCCCCCCCCCCC. The average molecular weight is 623 g/mol. The minimum Gasteiger partial charge on any atom is -0.480 e. The number of esters is 1. The molecule has 2 atom stereocenters. The minimum atomic E-state index is -1.01. The number of hydrogen-bond acceptors (Lipinski definition) is 5. The van der Waals surface area contributed by atoms with E-state index in [-0.39, 0.29) is 18.0 Å². The van der Waals surface area contributed by atoms with Crippen LogP contribution >= 0.6 is 0 Å². The van der Waals surface area contributed by atoms with Crippen LogP contribution in [-0.4, -0.2) is 41.6 Å². The third kappa shape index (κ3) is 28.9. The molecule has 1 amide bonds. The smallest absolute Gasteiger partial charge is 0.326 e. The number of nitrogens with two attached hydrogens (primary N) is 1. The van der Waals surface area contributed by atoms with E-state index < -0.39 is 12.0 Å². The molecule has 7 heteroatoms. The van der Waals surface area contributed by atoms with Crippen molar-refractivity contribution in [3.63, 3.8) is 0 Å². The van der Waals surface area contributed by atoms with Gasteiger partial charge in [-0.3, -0.25) is 9.59 Å². The number of carboxylic acids is 1. The molecule has 0 saturated heterocycles. The topological polar surface area (TPSA) is 119 Å². The van der Waals surface area contributed by atoms with Crippen LogP contribution in [0.2, 0.25) is 0 Å². The molecule has 0 aromatic rings. The van der Waals surface area contributed by atoms with Gasteiger partial charge in [-0.15, -0.1) is 0 Å². The first-order valence-corrected chi connectivity index (χ1v) is 18.5. The molecule has 0 fully saturated rings. The zero-order chi connectivity index (χ0) is 32.5. The van der Waals surface area contributed by atoms with Gasteiger partial charge < -0.3 is 20.9 Å². The summed E-state index contributed by atoms with van der Waals surface area (Å²) in [5, 5.41) is 11.9. The Kier molecular flexibility index (Phi) is 31.1. The maximum absolute atomic E-state index is 12.5. The number of nitrogens with one attached hydrogen (secondary N) is 1. The lowest BCUT2D eigenvalue weighted by Crippen LogP contribution is -2.40. The van der Waals surface area contributed by atoms with Gasteiger partial charge in [-0.1, -0.05) is 135 Å². The monoisotopic (exact) mass is 623 g/mol. The number of rotatable bonds is 33. The molecule has 0 aliphatic carbocycles. The van der Waals surface area contributed by atoms with Crippen molar-refractivity contribution in [1.82, 2.24) is 5.32 Å². The van der Waals surface area contributed by atoms with Crippen LogP contribution in [0.1, 0.15) is 187 Å². The van der Waals surface area contributed by atoms with E-state index in [1.165, 1.54) is 83.5 Å². The van der Waals surface area contributed by atoms with Crippen molar-refractivity contribution in [3.05, 3.63) is 12.2 Å². The maximum atomic E-state index is 12.5. The van der Waals surface area contributed by atoms with Crippen molar-refractivity contribution in [3.8, 4) is 0 Å². The lowest BCUT2D eigenvalue weighted by Gasteiger charge is -2.15. The number of aliphatic carboxylic acids is 1. The van der Waals surface area contributed by atoms with Gasteiger partial charge in [-0.05, 0) is 57.6 Å². The molecule has 0 bridgehead atoms. The molecule has 44 heavy (non-hydrogen) atoms. The van der Waals surface area contributed by atoms with Crippen molar-refractivity contribution in [2.24, 2.45) is 5.73 Å². The predicted molar refractivity (Wildman–Crippen MR) is 184 cm³/mol. The lowest BCUT2D eigenvalue weighted by molar-refractivity contribution is -0.147. The maximum Gasteiger partial charge on any atom is 0.326 e. The Bertz CT molecular complexity index is 712. The average Bonchev–Trinajstić information content (AvgIpc) is 3.00. The fraction of sp³-hybridized carbons (Fsp3) is 0.865. The number of hydrogen-bond donors (Lipinski definition) is 3. The fourth-order valence-corrected chi connectivity index (χ4v) is 5.46. The summed E-state index contributed by atoms with van der Waals surface area (Å²) in [6.45, 7) is 4.85. The van der Waals surface area contributed by atoms with Crippen molar-refractivity contribution in [1.29, 1.82) is 0 Å². The molecule has 258 valence electrons. The summed E-state index contributed by atoms with van der Waals surface area (Å²) in [7, 11) is 0. The minimum absolute atomic E-state index is 0.0934. The number of carboxylic acid groups (broad SMARTS) is 1. The quantitative estimate of drug-likeness (QED) is 0.0381. The van der Waals surface area contributed by atoms with Gasteiger partial charge in [0.05, 0.1) is 0 Å². The van der Waals surface area contributed by atoms with Gasteiger partial charge >= 0.3 is 11.9 Å². The number of allylic oxidation sites excluding steroid dienone is 1. The summed E-state index contributed by atoms with van der Waals surface area (Å²) >= 11 is 0. The van der Waals surface area contributed by atoms with Gasteiger partial charge in [-0.25, -0.2) is 4.79 Å². The third-order valence-electron chi connectivity index (χ3n) is 8.32. The molecular formula is C37H70N2O5. The summed E-state index contributed by atoms with van der Waals surface area (Å²) in [5.74, 6) is -1.33. The molecular weight excluding hydrogens is 552 g/mol. The van der Waals surface area contributed by atoms with E-state index in [9.17, 15) is 19.5 Å². The highest BCUT2D eigenvalue weighted by atomic mass is 16.5. The van der Waals surface area contributed by atoms with E-state index in [0.717, 1.165) is 57.8 Å².